The molecule has 7 heteroatoms. The molecule has 7 nitrogen and oxygen atoms in total. The van der Waals surface area contributed by atoms with Gasteiger partial charge in [-0.2, -0.15) is 0 Å². The van der Waals surface area contributed by atoms with Crippen molar-refractivity contribution in [3.05, 3.63) is 24.3 Å². The summed E-state index contributed by atoms with van der Waals surface area (Å²) in [6.45, 7) is 6.36. The Morgan fingerprint density at radius 2 is 1.60 bits per heavy atom. The van der Waals surface area contributed by atoms with E-state index in [4.69, 9.17) is 5.73 Å². The molecule has 0 radical (unpaired) electrons. The molecule has 30 heavy (non-hydrogen) atoms. The van der Waals surface area contributed by atoms with Gasteiger partial charge in [0.25, 0.3) is 0 Å². The molecule has 0 aromatic heterocycles. The monoisotopic (exact) mass is 415 g/mol. The number of anilines is 2. The number of benzene rings is 1. The largest absolute Gasteiger partial charge is 0.374 e. The first-order valence-electron chi connectivity index (χ1n) is 11.5. The van der Waals surface area contributed by atoms with E-state index in [1.54, 1.807) is 0 Å². The summed E-state index contributed by atoms with van der Waals surface area (Å²) in [7, 11) is 0. The highest BCUT2D eigenvalue weighted by molar-refractivity contribution is 6.01. The quantitative estimate of drug-likeness (QED) is 0.380. The van der Waals surface area contributed by atoms with Crippen molar-refractivity contribution < 1.29 is 9.59 Å². The van der Waals surface area contributed by atoms with Crippen molar-refractivity contribution in [3.8, 4) is 0 Å². The van der Waals surface area contributed by atoms with Gasteiger partial charge >= 0.3 is 0 Å². The van der Waals surface area contributed by atoms with E-state index in [9.17, 15) is 9.59 Å². The van der Waals surface area contributed by atoms with Gasteiger partial charge in [-0.1, -0.05) is 25.7 Å². The van der Waals surface area contributed by atoms with Gasteiger partial charge in [-0.25, -0.2) is 0 Å². The maximum atomic E-state index is 11.9. The molecule has 1 aromatic rings. The van der Waals surface area contributed by atoms with Gasteiger partial charge in [-0.15, -0.1) is 0 Å². The van der Waals surface area contributed by atoms with Gasteiger partial charge < -0.3 is 16.0 Å². The van der Waals surface area contributed by atoms with Gasteiger partial charge in [0, 0.05) is 44.0 Å². The zero-order chi connectivity index (χ0) is 21.2. The Morgan fingerprint density at radius 3 is 2.27 bits per heavy atom. The molecule has 0 aliphatic carbocycles. The molecule has 1 unspecified atom stereocenters. The SMILES string of the molecule is NCCCCCCCCN1CCN(c2ccc(NC3CCC(=O)NC3=O)cc2)CC1. The lowest BCUT2D eigenvalue weighted by Crippen LogP contribution is -2.47. The highest BCUT2D eigenvalue weighted by atomic mass is 16.2. The number of nitrogens with zero attached hydrogens (tertiary/aromatic N) is 2. The van der Waals surface area contributed by atoms with Gasteiger partial charge in [-0.3, -0.25) is 19.8 Å². The van der Waals surface area contributed by atoms with Crippen LogP contribution < -0.4 is 21.3 Å². The second-order valence-electron chi connectivity index (χ2n) is 8.43. The van der Waals surface area contributed by atoms with Gasteiger partial charge in [0.1, 0.15) is 6.04 Å². The minimum absolute atomic E-state index is 0.185. The summed E-state index contributed by atoms with van der Waals surface area (Å²) in [6.07, 6.45) is 8.64. The maximum Gasteiger partial charge on any atom is 0.249 e. The first-order chi connectivity index (χ1) is 14.7. The lowest BCUT2D eigenvalue weighted by molar-refractivity contribution is -0.133. The summed E-state index contributed by atoms with van der Waals surface area (Å²) in [6, 6.07) is 7.94. The summed E-state index contributed by atoms with van der Waals surface area (Å²) in [4.78, 5) is 28.2. The van der Waals surface area contributed by atoms with Gasteiger partial charge in [0.05, 0.1) is 0 Å². The molecule has 0 spiro atoms. The Bertz CT molecular complexity index is 671. The number of hydrogen-bond acceptors (Lipinski definition) is 6. The average molecular weight is 416 g/mol. The van der Waals surface area contributed by atoms with Crippen LogP contribution in [0.5, 0.6) is 0 Å². The number of carbonyl (C=O) groups is 2. The Morgan fingerprint density at radius 1 is 0.933 bits per heavy atom. The van der Waals surface area contributed by atoms with Gasteiger partial charge in [-0.05, 0) is 56.6 Å². The van der Waals surface area contributed by atoms with Crippen LogP contribution in [-0.4, -0.2) is 62.0 Å². The van der Waals surface area contributed by atoms with E-state index in [0.29, 0.717) is 12.8 Å². The number of imide groups is 1. The number of piperidine rings is 1. The zero-order valence-corrected chi connectivity index (χ0v) is 18.1. The molecular weight excluding hydrogens is 378 g/mol. The lowest BCUT2D eigenvalue weighted by Gasteiger charge is -2.36. The molecule has 4 N–H and O–H groups in total. The standard InChI is InChI=1S/C23H37N5O2/c24-13-5-3-1-2-4-6-14-27-15-17-28(18-16-27)20-9-7-19(8-10-20)25-21-11-12-22(29)26-23(21)30/h7-10,21,25H,1-6,11-18,24H2,(H,26,29,30). The minimum atomic E-state index is -0.335. The molecule has 1 aromatic carbocycles. The molecule has 0 saturated carbocycles. The summed E-state index contributed by atoms with van der Waals surface area (Å²) in [5.41, 5.74) is 7.68. The summed E-state index contributed by atoms with van der Waals surface area (Å²) >= 11 is 0. The number of nitrogens with two attached hydrogens (primary N) is 1. The molecule has 2 saturated heterocycles. The maximum absolute atomic E-state index is 11.9. The molecule has 3 rings (SSSR count). The highest BCUT2D eigenvalue weighted by Gasteiger charge is 2.26. The molecule has 2 aliphatic heterocycles. The fraction of sp³-hybridized carbons (Fsp3) is 0.652. The third kappa shape index (κ3) is 6.99. The number of carbonyl (C=O) groups excluding carboxylic acids is 2. The fourth-order valence-corrected chi connectivity index (χ4v) is 4.22. The topological polar surface area (TPSA) is 90.7 Å². The van der Waals surface area contributed by atoms with Crippen LogP contribution in [-0.2, 0) is 9.59 Å². The van der Waals surface area contributed by atoms with E-state index >= 15 is 0 Å². The molecule has 0 bridgehead atoms. The van der Waals surface area contributed by atoms with E-state index < -0.39 is 0 Å². The van der Waals surface area contributed by atoms with E-state index in [0.717, 1.165) is 44.8 Å². The fourth-order valence-electron chi connectivity index (χ4n) is 4.22. The van der Waals surface area contributed by atoms with Crippen LogP contribution in [0.2, 0.25) is 0 Å². The molecule has 2 amide bonds. The van der Waals surface area contributed by atoms with Crippen LogP contribution in [0, 0.1) is 0 Å². The molecule has 2 fully saturated rings. The van der Waals surface area contributed by atoms with E-state index in [1.807, 2.05) is 12.1 Å². The predicted molar refractivity (Wildman–Crippen MR) is 122 cm³/mol. The van der Waals surface area contributed by atoms with Crippen molar-refractivity contribution in [2.24, 2.45) is 5.73 Å². The van der Waals surface area contributed by atoms with Crippen molar-refractivity contribution in [3.63, 3.8) is 0 Å². The highest BCUT2D eigenvalue weighted by Crippen LogP contribution is 2.21. The first kappa shape index (κ1) is 22.6. The summed E-state index contributed by atoms with van der Waals surface area (Å²) in [5.74, 6) is -0.419. The van der Waals surface area contributed by atoms with Crippen molar-refractivity contribution in [2.45, 2.75) is 57.4 Å². The lowest BCUT2D eigenvalue weighted by atomic mass is 10.1. The number of nitrogens with one attached hydrogen (secondary N) is 2. The molecule has 166 valence electrons. The van der Waals surface area contributed by atoms with Gasteiger partial charge in [0.2, 0.25) is 11.8 Å². The predicted octanol–water partition coefficient (Wildman–Crippen LogP) is 2.33. The van der Waals surface area contributed by atoms with Crippen molar-refractivity contribution in [1.82, 2.24) is 10.2 Å². The van der Waals surface area contributed by atoms with E-state index in [2.05, 4.69) is 32.6 Å². The second-order valence-corrected chi connectivity index (χ2v) is 8.43. The Kier molecular flexibility index (Phi) is 8.96. The van der Waals surface area contributed by atoms with Crippen LogP contribution >= 0.6 is 0 Å². The smallest absolute Gasteiger partial charge is 0.249 e. The summed E-state index contributed by atoms with van der Waals surface area (Å²) < 4.78 is 0. The number of amides is 2. The third-order valence-corrected chi connectivity index (χ3v) is 6.11. The number of hydrogen-bond donors (Lipinski definition) is 3. The molecular formula is C23H37N5O2. The Balaban J connectivity index is 1.34. The van der Waals surface area contributed by atoms with Crippen molar-refractivity contribution >= 4 is 23.2 Å². The van der Waals surface area contributed by atoms with Crippen LogP contribution in [0.3, 0.4) is 0 Å². The van der Waals surface area contributed by atoms with Crippen LogP contribution in [0.25, 0.3) is 0 Å². The van der Waals surface area contributed by atoms with Crippen molar-refractivity contribution in [2.75, 3.05) is 49.5 Å². The number of unbranched alkanes of at least 4 members (excludes halogenated alkanes) is 5. The minimum Gasteiger partial charge on any atom is -0.374 e. The second kappa shape index (κ2) is 11.9. The molecule has 1 atom stereocenters. The van der Waals surface area contributed by atoms with Crippen molar-refractivity contribution in [1.29, 1.82) is 0 Å². The van der Waals surface area contributed by atoms with Crippen LogP contribution in [0.1, 0.15) is 51.4 Å². The number of piperazine rings is 1. The summed E-state index contributed by atoms with van der Waals surface area (Å²) in [5, 5.41) is 5.62. The number of rotatable bonds is 11. The first-order valence-corrected chi connectivity index (χ1v) is 11.5. The van der Waals surface area contributed by atoms with Crippen LogP contribution in [0.15, 0.2) is 24.3 Å². The normalized spacial score (nSPS) is 20.3. The third-order valence-electron chi connectivity index (χ3n) is 6.11. The zero-order valence-electron chi connectivity index (χ0n) is 18.1. The Hall–Kier alpha value is -2.12. The van der Waals surface area contributed by atoms with Crippen LogP contribution in [0.4, 0.5) is 11.4 Å². The average Bonchev–Trinajstić information content (AvgIpc) is 2.76. The van der Waals surface area contributed by atoms with Gasteiger partial charge in [0.15, 0.2) is 0 Å². The van der Waals surface area contributed by atoms with E-state index in [1.165, 1.54) is 44.3 Å². The molecule has 2 aliphatic rings. The Labute approximate surface area is 180 Å². The van der Waals surface area contributed by atoms with E-state index in [-0.39, 0.29) is 17.9 Å². The molecule has 2 heterocycles.